The van der Waals surface area contributed by atoms with Gasteiger partial charge in [-0.15, -0.1) is 0 Å². The SMILES string of the molecule is COc1ccc(C(=O)N2CCc3ccc(CNS(=O)(=O)c4ccc5c(c4)CCCC5)cc32)cc1. The van der Waals surface area contributed by atoms with Crippen molar-refractivity contribution in [3.63, 3.8) is 0 Å². The molecule has 1 aliphatic heterocycles. The molecular weight excluding hydrogens is 448 g/mol. The zero-order chi connectivity index (χ0) is 23.7. The fourth-order valence-corrected chi connectivity index (χ4v) is 5.84. The molecule has 0 bridgehead atoms. The summed E-state index contributed by atoms with van der Waals surface area (Å²) in [5, 5.41) is 0. The Labute approximate surface area is 200 Å². The quantitative estimate of drug-likeness (QED) is 0.577. The fourth-order valence-electron chi connectivity index (χ4n) is 4.77. The number of ether oxygens (including phenoxy) is 1. The Morgan fingerprint density at radius 1 is 0.912 bits per heavy atom. The Balaban J connectivity index is 1.32. The first-order valence-corrected chi connectivity index (χ1v) is 13.1. The molecule has 0 radical (unpaired) electrons. The molecule has 6 nitrogen and oxygen atoms in total. The Morgan fingerprint density at radius 2 is 1.65 bits per heavy atom. The summed E-state index contributed by atoms with van der Waals surface area (Å²) in [4.78, 5) is 15.2. The van der Waals surface area contributed by atoms with Crippen LogP contribution in [-0.4, -0.2) is 28.0 Å². The van der Waals surface area contributed by atoms with Crippen LogP contribution < -0.4 is 14.4 Å². The van der Waals surface area contributed by atoms with Crippen molar-refractivity contribution in [1.82, 2.24) is 4.72 Å². The minimum atomic E-state index is -3.63. The van der Waals surface area contributed by atoms with E-state index >= 15 is 0 Å². The maximum Gasteiger partial charge on any atom is 0.258 e. The van der Waals surface area contributed by atoms with Gasteiger partial charge in [0.05, 0.1) is 12.0 Å². The van der Waals surface area contributed by atoms with Crippen LogP contribution in [0.25, 0.3) is 0 Å². The summed E-state index contributed by atoms with van der Waals surface area (Å²) in [6.45, 7) is 0.766. The third-order valence-corrected chi connectivity index (χ3v) is 8.12. The first kappa shape index (κ1) is 22.6. The lowest BCUT2D eigenvalue weighted by Crippen LogP contribution is -2.29. The van der Waals surface area contributed by atoms with E-state index in [-0.39, 0.29) is 12.5 Å². The Hall–Kier alpha value is -3.16. The van der Waals surface area contributed by atoms with Gasteiger partial charge in [0.15, 0.2) is 0 Å². The number of aryl methyl sites for hydroxylation is 2. The monoisotopic (exact) mass is 476 g/mol. The van der Waals surface area contributed by atoms with Crippen LogP contribution in [0.4, 0.5) is 5.69 Å². The summed E-state index contributed by atoms with van der Waals surface area (Å²) in [5.41, 5.74) is 5.72. The molecule has 7 heteroatoms. The Morgan fingerprint density at radius 3 is 2.41 bits per heavy atom. The maximum atomic E-state index is 13.1. The van der Waals surface area contributed by atoms with Crippen LogP contribution in [0.3, 0.4) is 0 Å². The molecule has 176 valence electrons. The molecule has 0 atom stereocenters. The molecule has 0 fully saturated rings. The average Bonchev–Trinajstić information content (AvgIpc) is 3.30. The highest BCUT2D eigenvalue weighted by atomic mass is 32.2. The molecule has 5 rings (SSSR count). The first-order chi connectivity index (χ1) is 16.4. The van der Waals surface area contributed by atoms with Crippen molar-refractivity contribution in [1.29, 1.82) is 0 Å². The highest BCUT2D eigenvalue weighted by Crippen LogP contribution is 2.31. The number of sulfonamides is 1. The van der Waals surface area contributed by atoms with Gasteiger partial charge in [-0.3, -0.25) is 4.79 Å². The summed E-state index contributed by atoms with van der Waals surface area (Å²) < 4.78 is 33.8. The van der Waals surface area contributed by atoms with Gasteiger partial charge in [-0.25, -0.2) is 13.1 Å². The lowest BCUT2D eigenvalue weighted by atomic mass is 9.92. The number of nitrogens with one attached hydrogen (secondary N) is 1. The summed E-state index contributed by atoms with van der Waals surface area (Å²) in [7, 11) is -2.04. The standard InChI is InChI=1S/C27H28N2O4S/c1-33-24-11-8-22(9-12-24)27(30)29-15-14-21-7-6-19(16-26(21)29)18-28-34(31,32)25-13-10-20-4-2-3-5-23(20)17-25/h6-13,16-17,28H,2-5,14-15,18H2,1H3. The molecule has 0 aromatic heterocycles. The summed E-state index contributed by atoms with van der Waals surface area (Å²) in [6, 6.07) is 18.4. The number of methoxy groups -OCH3 is 1. The van der Waals surface area contributed by atoms with Gasteiger partial charge < -0.3 is 9.64 Å². The normalized spacial score (nSPS) is 15.0. The maximum absolute atomic E-state index is 13.1. The van der Waals surface area contributed by atoms with Crippen LogP contribution in [0, 0.1) is 0 Å². The van der Waals surface area contributed by atoms with Gasteiger partial charge in [0, 0.05) is 24.3 Å². The molecule has 3 aromatic rings. The number of hydrogen-bond acceptors (Lipinski definition) is 4. The third kappa shape index (κ3) is 4.45. The smallest absolute Gasteiger partial charge is 0.258 e. The van der Waals surface area contributed by atoms with Crippen LogP contribution in [0.2, 0.25) is 0 Å². The van der Waals surface area contributed by atoms with Crippen molar-refractivity contribution in [2.45, 2.75) is 43.5 Å². The Bertz CT molecular complexity index is 1330. The molecule has 0 saturated carbocycles. The largest absolute Gasteiger partial charge is 0.497 e. The lowest BCUT2D eigenvalue weighted by Gasteiger charge is -2.19. The van der Waals surface area contributed by atoms with Gasteiger partial charge in [-0.1, -0.05) is 18.2 Å². The molecular formula is C27H28N2O4S. The van der Waals surface area contributed by atoms with Gasteiger partial charge >= 0.3 is 0 Å². The van der Waals surface area contributed by atoms with Gasteiger partial charge in [0.1, 0.15) is 5.75 Å². The van der Waals surface area contributed by atoms with E-state index in [0.29, 0.717) is 22.8 Å². The fraction of sp³-hybridized carbons (Fsp3) is 0.296. The van der Waals surface area contributed by atoms with Crippen LogP contribution in [0.15, 0.2) is 65.6 Å². The van der Waals surface area contributed by atoms with Crippen molar-refractivity contribution in [2.24, 2.45) is 0 Å². The first-order valence-electron chi connectivity index (χ1n) is 11.6. The summed E-state index contributed by atoms with van der Waals surface area (Å²) in [5.74, 6) is 0.625. The summed E-state index contributed by atoms with van der Waals surface area (Å²) in [6.07, 6.45) is 4.99. The molecule has 34 heavy (non-hydrogen) atoms. The predicted octanol–water partition coefficient (Wildman–Crippen LogP) is 4.26. The number of anilines is 1. The van der Waals surface area contributed by atoms with E-state index in [0.717, 1.165) is 54.5 Å². The van der Waals surface area contributed by atoms with Gasteiger partial charge in [0.2, 0.25) is 10.0 Å². The third-order valence-electron chi connectivity index (χ3n) is 6.72. The highest BCUT2D eigenvalue weighted by molar-refractivity contribution is 7.89. The molecule has 1 heterocycles. The Kier molecular flexibility index (Phi) is 6.15. The molecule has 2 aliphatic rings. The molecule has 0 spiro atoms. The summed E-state index contributed by atoms with van der Waals surface area (Å²) >= 11 is 0. The van der Waals surface area contributed by atoms with Gasteiger partial charge in [-0.05, 0) is 96.8 Å². The second-order valence-electron chi connectivity index (χ2n) is 8.86. The number of rotatable bonds is 6. The van der Waals surface area contributed by atoms with Crippen molar-refractivity contribution < 1.29 is 17.9 Å². The number of fused-ring (bicyclic) bond motifs is 2. The molecule has 0 saturated heterocycles. The lowest BCUT2D eigenvalue weighted by molar-refractivity contribution is 0.0989. The predicted molar refractivity (Wildman–Crippen MR) is 132 cm³/mol. The molecule has 1 aliphatic carbocycles. The zero-order valence-electron chi connectivity index (χ0n) is 19.2. The van der Waals surface area contributed by atoms with Crippen LogP contribution in [-0.2, 0) is 35.8 Å². The minimum absolute atomic E-state index is 0.0757. The molecule has 1 N–H and O–H groups in total. The van der Waals surface area contributed by atoms with Crippen LogP contribution >= 0.6 is 0 Å². The number of carbonyl (C=O) groups excluding carboxylic acids is 1. The zero-order valence-corrected chi connectivity index (χ0v) is 20.0. The van der Waals surface area contributed by atoms with E-state index in [9.17, 15) is 13.2 Å². The number of nitrogens with zero attached hydrogens (tertiary/aromatic N) is 1. The van der Waals surface area contributed by atoms with Crippen molar-refractivity contribution in [3.8, 4) is 5.75 Å². The molecule has 3 aromatic carbocycles. The average molecular weight is 477 g/mol. The van der Waals surface area contributed by atoms with Crippen molar-refractivity contribution in [3.05, 3.63) is 88.5 Å². The van der Waals surface area contributed by atoms with Crippen molar-refractivity contribution in [2.75, 3.05) is 18.6 Å². The number of carbonyl (C=O) groups is 1. The number of hydrogen-bond donors (Lipinski definition) is 1. The topological polar surface area (TPSA) is 75.7 Å². The highest BCUT2D eigenvalue weighted by Gasteiger charge is 2.26. The van der Waals surface area contributed by atoms with E-state index in [4.69, 9.17) is 4.74 Å². The van der Waals surface area contributed by atoms with Crippen LogP contribution in [0.1, 0.15) is 45.5 Å². The second-order valence-corrected chi connectivity index (χ2v) is 10.6. The van der Waals surface area contributed by atoms with E-state index in [1.165, 1.54) is 5.56 Å². The van der Waals surface area contributed by atoms with E-state index in [2.05, 4.69) is 4.72 Å². The minimum Gasteiger partial charge on any atom is -0.497 e. The van der Waals surface area contributed by atoms with E-state index in [1.807, 2.05) is 30.3 Å². The van der Waals surface area contributed by atoms with E-state index < -0.39 is 10.0 Å². The van der Waals surface area contributed by atoms with Crippen LogP contribution in [0.5, 0.6) is 5.75 Å². The molecule has 0 unspecified atom stereocenters. The second kappa shape index (κ2) is 9.24. The van der Waals surface area contributed by atoms with Gasteiger partial charge in [0.25, 0.3) is 5.91 Å². The van der Waals surface area contributed by atoms with E-state index in [1.54, 1.807) is 42.3 Å². The number of amides is 1. The number of benzene rings is 3. The molecule has 1 amide bonds. The van der Waals surface area contributed by atoms with Crippen molar-refractivity contribution >= 4 is 21.6 Å². The van der Waals surface area contributed by atoms with Gasteiger partial charge in [-0.2, -0.15) is 0 Å².